The van der Waals surface area contributed by atoms with E-state index in [0.717, 1.165) is 37.6 Å². The van der Waals surface area contributed by atoms with E-state index in [2.05, 4.69) is 44.0 Å². The van der Waals surface area contributed by atoms with Crippen molar-refractivity contribution >= 4 is 5.69 Å². The first kappa shape index (κ1) is 14.7. The fourth-order valence-electron chi connectivity index (χ4n) is 3.62. The zero-order chi connectivity index (χ0) is 15.1. The maximum atomic E-state index is 6.14. The number of para-hydroxylation sites is 2. The van der Waals surface area contributed by atoms with Gasteiger partial charge in [0.1, 0.15) is 11.9 Å². The van der Waals surface area contributed by atoms with Gasteiger partial charge in [0.05, 0.1) is 23.4 Å². The minimum absolute atomic E-state index is 0.109. The van der Waals surface area contributed by atoms with E-state index in [1.807, 2.05) is 18.2 Å². The number of benzene rings is 1. The van der Waals surface area contributed by atoms with Gasteiger partial charge < -0.3 is 14.8 Å². The number of ether oxygens (including phenoxy) is 2. The summed E-state index contributed by atoms with van der Waals surface area (Å²) in [6.45, 7) is 12.3. The second-order valence-corrected chi connectivity index (χ2v) is 7.41. The standard InChI is InChI=1S/C17H26N2O2/c1-16(2)11-19(12-17(3,4)21-16)10-13-9-18-14-7-5-6-8-15(14)20-13/h5-8,13,18H,9-12H2,1-4H3. The Labute approximate surface area is 127 Å². The van der Waals surface area contributed by atoms with E-state index < -0.39 is 0 Å². The molecule has 0 bridgehead atoms. The Bertz CT molecular complexity index is 497. The largest absolute Gasteiger partial charge is 0.485 e. The van der Waals surface area contributed by atoms with Crippen molar-refractivity contribution in [2.45, 2.75) is 45.0 Å². The Morgan fingerprint density at radius 2 is 1.81 bits per heavy atom. The van der Waals surface area contributed by atoms with Gasteiger partial charge in [-0.25, -0.2) is 0 Å². The number of fused-ring (bicyclic) bond motifs is 1. The van der Waals surface area contributed by atoms with Crippen molar-refractivity contribution in [3.8, 4) is 5.75 Å². The summed E-state index contributed by atoms with van der Waals surface area (Å²) < 4.78 is 12.3. The Kier molecular flexibility index (Phi) is 3.62. The quantitative estimate of drug-likeness (QED) is 0.908. The fourth-order valence-corrected chi connectivity index (χ4v) is 3.62. The highest BCUT2D eigenvalue weighted by atomic mass is 16.5. The Morgan fingerprint density at radius 1 is 1.14 bits per heavy atom. The van der Waals surface area contributed by atoms with Gasteiger partial charge in [-0.05, 0) is 39.8 Å². The van der Waals surface area contributed by atoms with E-state index in [-0.39, 0.29) is 17.3 Å². The number of nitrogens with one attached hydrogen (secondary N) is 1. The predicted molar refractivity (Wildman–Crippen MR) is 85.0 cm³/mol. The molecule has 116 valence electrons. The summed E-state index contributed by atoms with van der Waals surface area (Å²) in [5.74, 6) is 0.959. The molecule has 2 heterocycles. The molecule has 1 saturated heterocycles. The molecule has 3 rings (SSSR count). The second-order valence-electron chi connectivity index (χ2n) is 7.41. The van der Waals surface area contributed by atoms with Crippen molar-refractivity contribution < 1.29 is 9.47 Å². The van der Waals surface area contributed by atoms with Gasteiger partial charge in [0.2, 0.25) is 0 Å². The molecule has 0 aliphatic carbocycles. The van der Waals surface area contributed by atoms with Crippen LogP contribution in [0.5, 0.6) is 5.75 Å². The maximum absolute atomic E-state index is 6.14. The van der Waals surface area contributed by atoms with E-state index in [1.54, 1.807) is 0 Å². The lowest BCUT2D eigenvalue weighted by Crippen LogP contribution is -2.59. The summed E-state index contributed by atoms with van der Waals surface area (Å²) in [6.07, 6.45) is 0.185. The van der Waals surface area contributed by atoms with E-state index in [4.69, 9.17) is 9.47 Å². The number of nitrogens with zero attached hydrogens (tertiary/aromatic N) is 1. The van der Waals surface area contributed by atoms with E-state index in [0.29, 0.717) is 0 Å². The summed E-state index contributed by atoms with van der Waals surface area (Å²) in [6, 6.07) is 8.14. The average Bonchev–Trinajstić information content (AvgIpc) is 2.34. The molecule has 0 spiro atoms. The molecule has 4 heteroatoms. The van der Waals surface area contributed by atoms with Crippen LogP contribution in [0.2, 0.25) is 0 Å². The van der Waals surface area contributed by atoms with Crippen LogP contribution in [-0.2, 0) is 4.74 Å². The van der Waals surface area contributed by atoms with Crippen LogP contribution >= 0.6 is 0 Å². The van der Waals surface area contributed by atoms with Crippen molar-refractivity contribution in [1.82, 2.24) is 4.90 Å². The molecule has 21 heavy (non-hydrogen) atoms. The molecule has 4 nitrogen and oxygen atoms in total. The first-order chi connectivity index (χ1) is 9.83. The van der Waals surface area contributed by atoms with Gasteiger partial charge in [-0.15, -0.1) is 0 Å². The number of morpholine rings is 1. The van der Waals surface area contributed by atoms with E-state index in [9.17, 15) is 0 Å². The highest BCUT2D eigenvalue weighted by Crippen LogP contribution is 2.31. The normalized spacial score (nSPS) is 27.3. The van der Waals surface area contributed by atoms with Crippen LogP contribution in [-0.4, -0.2) is 48.4 Å². The summed E-state index contributed by atoms with van der Waals surface area (Å²) in [4.78, 5) is 2.46. The van der Waals surface area contributed by atoms with Crippen LogP contribution < -0.4 is 10.1 Å². The summed E-state index contributed by atoms with van der Waals surface area (Å²) in [5, 5.41) is 3.46. The Hall–Kier alpha value is -1.26. The zero-order valence-electron chi connectivity index (χ0n) is 13.5. The van der Waals surface area contributed by atoms with Gasteiger partial charge in [-0.3, -0.25) is 4.90 Å². The van der Waals surface area contributed by atoms with Gasteiger partial charge >= 0.3 is 0 Å². The van der Waals surface area contributed by atoms with Crippen molar-refractivity contribution in [2.75, 3.05) is 31.5 Å². The fraction of sp³-hybridized carbons (Fsp3) is 0.647. The third-order valence-corrected chi connectivity index (χ3v) is 3.92. The Balaban J connectivity index is 1.65. The second kappa shape index (κ2) is 5.18. The highest BCUT2D eigenvalue weighted by Gasteiger charge is 2.39. The third-order valence-electron chi connectivity index (χ3n) is 3.92. The zero-order valence-corrected chi connectivity index (χ0v) is 13.5. The van der Waals surface area contributed by atoms with Crippen LogP contribution in [0.4, 0.5) is 5.69 Å². The van der Waals surface area contributed by atoms with Gasteiger partial charge in [0, 0.05) is 19.6 Å². The van der Waals surface area contributed by atoms with Gasteiger partial charge in [0.15, 0.2) is 0 Å². The summed E-state index contributed by atoms with van der Waals surface area (Å²) in [5.41, 5.74) is 0.875. The number of hydrogen-bond donors (Lipinski definition) is 1. The summed E-state index contributed by atoms with van der Waals surface area (Å²) >= 11 is 0. The van der Waals surface area contributed by atoms with Gasteiger partial charge in [0.25, 0.3) is 0 Å². The molecular weight excluding hydrogens is 264 g/mol. The van der Waals surface area contributed by atoms with Gasteiger partial charge in [-0.1, -0.05) is 12.1 Å². The minimum Gasteiger partial charge on any atom is -0.485 e. The van der Waals surface area contributed by atoms with Crippen molar-refractivity contribution in [3.63, 3.8) is 0 Å². The van der Waals surface area contributed by atoms with Crippen LogP contribution in [0, 0.1) is 0 Å². The SMILES string of the molecule is CC1(C)CN(CC2CNc3ccccc3O2)CC(C)(C)O1. The molecule has 1 aromatic carbocycles. The van der Waals surface area contributed by atoms with E-state index in [1.165, 1.54) is 0 Å². The molecule has 0 amide bonds. The third kappa shape index (κ3) is 3.50. The molecule has 1 fully saturated rings. The average molecular weight is 290 g/mol. The summed E-state index contributed by atoms with van der Waals surface area (Å²) in [7, 11) is 0. The van der Waals surface area contributed by atoms with Crippen LogP contribution in [0.1, 0.15) is 27.7 Å². The molecule has 2 aliphatic rings. The first-order valence-corrected chi connectivity index (χ1v) is 7.75. The van der Waals surface area contributed by atoms with Crippen LogP contribution in [0.15, 0.2) is 24.3 Å². The van der Waals surface area contributed by atoms with Crippen molar-refractivity contribution in [1.29, 1.82) is 0 Å². The lowest BCUT2D eigenvalue weighted by molar-refractivity contribution is -0.183. The molecule has 0 saturated carbocycles. The monoisotopic (exact) mass is 290 g/mol. The molecule has 2 aliphatic heterocycles. The van der Waals surface area contributed by atoms with E-state index >= 15 is 0 Å². The number of hydrogen-bond acceptors (Lipinski definition) is 4. The Morgan fingerprint density at radius 3 is 2.52 bits per heavy atom. The molecule has 1 unspecified atom stereocenters. The smallest absolute Gasteiger partial charge is 0.142 e. The van der Waals surface area contributed by atoms with Gasteiger partial charge in [-0.2, -0.15) is 0 Å². The lowest BCUT2D eigenvalue weighted by Gasteiger charge is -2.48. The lowest BCUT2D eigenvalue weighted by atomic mass is 9.98. The molecule has 1 aromatic rings. The number of anilines is 1. The molecular formula is C17H26N2O2. The number of rotatable bonds is 2. The molecule has 1 atom stereocenters. The first-order valence-electron chi connectivity index (χ1n) is 7.75. The molecule has 1 N–H and O–H groups in total. The maximum Gasteiger partial charge on any atom is 0.142 e. The molecule has 0 aromatic heterocycles. The minimum atomic E-state index is -0.109. The topological polar surface area (TPSA) is 33.7 Å². The van der Waals surface area contributed by atoms with Crippen molar-refractivity contribution in [3.05, 3.63) is 24.3 Å². The van der Waals surface area contributed by atoms with Crippen LogP contribution in [0.25, 0.3) is 0 Å². The van der Waals surface area contributed by atoms with Crippen molar-refractivity contribution in [2.24, 2.45) is 0 Å². The van der Waals surface area contributed by atoms with Crippen LogP contribution in [0.3, 0.4) is 0 Å². The predicted octanol–water partition coefficient (Wildman–Crippen LogP) is 2.75. The highest BCUT2D eigenvalue weighted by molar-refractivity contribution is 5.57. The molecule has 0 radical (unpaired) electrons.